The molecule has 3 nitrogen and oxygen atoms in total. The maximum atomic E-state index is 5.90. The van der Waals surface area contributed by atoms with Crippen molar-refractivity contribution in [2.75, 3.05) is 5.73 Å². The molecule has 0 aliphatic heterocycles. The first kappa shape index (κ1) is 10.4. The van der Waals surface area contributed by atoms with Crippen LogP contribution in [0.25, 0.3) is 22.6 Å². The van der Waals surface area contributed by atoms with Crippen molar-refractivity contribution in [3.05, 3.63) is 46.9 Å². The number of hydrogen-bond acceptors (Lipinski definition) is 3. The van der Waals surface area contributed by atoms with Gasteiger partial charge in [-0.25, -0.2) is 4.98 Å². The van der Waals surface area contributed by atoms with Crippen molar-refractivity contribution in [3.8, 4) is 11.5 Å². The zero-order valence-electron chi connectivity index (χ0n) is 8.85. The highest BCUT2D eigenvalue weighted by atomic mass is 79.9. The van der Waals surface area contributed by atoms with E-state index in [0.29, 0.717) is 11.6 Å². The van der Waals surface area contributed by atoms with Gasteiger partial charge in [0.2, 0.25) is 5.89 Å². The molecule has 1 aromatic heterocycles. The number of benzene rings is 2. The molecule has 17 heavy (non-hydrogen) atoms. The number of para-hydroxylation sites is 1. The Hall–Kier alpha value is -1.81. The van der Waals surface area contributed by atoms with E-state index in [2.05, 4.69) is 20.9 Å². The molecule has 0 aliphatic rings. The number of nitrogens with two attached hydrogens (primary N) is 1. The van der Waals surface area contributed by atoms with Crippen molar-refractivity contribution in [3.63, 3.8) is 0 Å². The van der Waals surface area contributed by atoms with Crippen LogP contribution in [0.3, 0.4) is 0 Å². The summed E-state index contributed by atoms with van der Waals surface area (Å²) in [6.07, 6.45) is 0. The van der Waals surface area contributed by atoms with Gasteiger partial charge in [-0.15, -0.1) is 0 Å². The summed E-state index contributed by atoms with van der Waals surface area (Å²) >= 11 is 3.41. The fraction of sp³-hybridized carbons (Fsp3) is 0. The Kier molecular flexibility index (Phi) is 2.37. The third-order valence-corrected chi connectivity index (χ3v) is 3.03. The van der Waals surface area contributed by atoms with Gasteiger partial charge >= 0.3 is 0 Å². The normalized spacial score (nSPS) is 10.9. The Balaban J connectivity index is 2.22. The molecule has 0 amide bonds. The second-order valence-corrected chi connectivity index (χ2v) is 4.63. The quantitative estimate of drug-likeness (QED) is 0.692. The SMILES string of the molecule is Nc1ccccc1-c1nc2cc(Br)ccc2o1. The minimum Gasteiger partial charge on any atom is -0.436 e. The van der Waals surface area contributed by atoms with E-state index in [-0.39, 0.29) is 0 Å². The van der Waals surface area contributed by atoms with Crippen LogP contribution in [-0.4, -0.2) is 4.98 Å². The van der Waals surface area contributed by atoms with E-state index in [9.17, 15) is 0 Å². The van der Waals surface area contributed by atoms with E-state index >= 15 is 0 Å². The molecule has 0 unspecified atom stereocenters. The molecule has 0 aliphatic carbocycles. The second-order valence-electron chi connectivity index (χ2n) is 3.72. The largest absolute Gasteiger partial charge is 0.436 e. The smallest absolute Gasteiger partial charge is 0.229 e. The number of hydrogen-bond donors (Lipinski definition) is 1. The van der Waals surface area contributed by atoms with E-state index in [0.717, 1.165) is 21.1 Å². The zero-order valence-corrected chi connectivity index (χ0v) is 10.4. The van der Waals surface area contributed by atoms with Crippen LogP contribution in [0.4, 0.5) is 5.69 Å². The summed E-state index contributed by atoms with van der Waals surface area (Å²) in [7, 11) is 0. The topological polar surface area (TPSA) is 52.0 Å². The lowest BCUT2D eigenvalue weighted by Gasteiger charge is -1.98. The summed E-state index contributed by atoms with van der Waals surface area (Å²) in [6, 6.07) is 13.3. The molecule has 0 radical (unpaired) electrons. The highest BCUT2D eigenvalue weighted by Crippen LogP contribution is 2.29. The maximum Gasteiger partial charge on any atom is 0.229 e. The number of anilines is 1. The number of halogens is 1. The first-order valence-corrected chi connectivity index (χ1v) is 5.94. The molecule has 3 rings (SSSR count). The maximum absolute atomic E-state index is 5.90. The Morgan fingerprint density at radius 2 is 1.94 bits per heavy atom. The van der Waals surface area contributed by atoms with Crippen LogP contribution in [0.15, 0.2) is 51.4 Å². The summed E-state index contributed by atoms with van der Waals surface area (Å²) in [6.45, 7) is 0. The third-order valence-electron chi connectivity index (χ3n) is 2.54. The first-order chi connectivity index (χ1) is 8.24. The van der Waals surface area contributed by atoms with Crippen LogP contribution in [0.1, 0.15) is 0 Å². The molecule has 3 aromatic rings. The highest BCUT2D eigenvalue weighted by molar-refractivity contribution is 9.10. The van der Waals surface area contributed by atoms with Gasteiger partial charge in [0.25, 0.3) is 0 Å². The van der Waals surface area contributed by atoms with Crippen molar-refractivity contribution in [1.82, 2.24) is 4.98 Å². The number of nitrogens with zero attached hydrogens (tertiary/aromatic N) is 1. The number of rotatable bonds is 1. The van der Waals surface area contributed by atoms with Gasteiger partial charge in [-0.1, -0.05) is 28.1 Å². The van der Waals surface area contributed by atoms with E-state index in [1.54, 1.807) is 0 Å². The van der Waals surface area contributed by atoms with Gasteiger partial charge in [-0.2, -0.15) is 0 Å². The van der Waals surface area contributed by atoms with Gasteiger partial charge in [-0.05, 0) is 30.3 Å². The number of oxazole rings is 1. The Labute approximate surface area is 106 Å². The summed E-state index contributed by atoms with van der Waals surface area (Å²) in [5.41, 5.74) is 8.95. The van der Waals surface area contributed by atoms with Gasteiger partial charge in [0.05, 0.1) is 5.56 Å². The number of aromatic nitrogens is 1. The average Bonchev–Trinajstić information content (AvgIpc) is 2.72. The van der Waals surface area contributed by atoms with Gasteiger partial charge in [0.15, 0.2) is 5.58 Å². The molecule has 0 atom stereocenters. The fourth-order valence-electron chi connectivity index (χ4n) is 1.71. The molecule has 2 N–H and O–H groups in total. The van der Waals surface area contributed by atoms with E-state index in [4.69, 9.17) is 10.2 Å². The number of fused-ring (bicyclic) bond motifs is 1. The Morgan fingerprint density at radius 1 is 1.12 bits per heavy atom. The first-order valence-electron chi connectivity index (χ1n) is 5.15. The van der Waals surface area contributed by atoms with E-state index < -0.39 is 0 Å². The lowest BCUT2D eigenvalue weighted by Crippen LogP contribution is -1.88. The third kappa shape index (κ3) is 1.80. The van der Waals surface area contributed by atoms with Gasteiger partial charge in [0, 0.05) is 10.2 Å². The zero-order chi connectivity index (χ0) is 11.8. The van der Waals surface area contributed by atoms with Crippen molar-refractivity contribution in [2.24, 2.45) is 0 Å². The summed E-state index contributed by atoms with van der Waals surface area (Å²) in [5, 5.41) is 0. The van der Waals surface area contributed by atoms with E-state index in [1.807, 2.05) is 42.5 Å². The van der Waals surface area contributed by atoms with Gasteiger partial charge in [0.1, 0.15) is 5.52 Å². The lowest BCUT2D eigenvalue weighted by molar-refractivity contribution is 0.620. The molecule has 4 heteroatoms. The van der Waals surface area contributed by atoms with Crippen LogP contribution in [0.2, 0.25) is 0 Å². The second kappa shape index (κ2) is 3.89. The summed E-state index contributed by atoms with van der Waals surface area (Å²) in [4.78, 5) is 4.43. The highest BCUT2D eigenvalue weighted by Gasteiger charge is 2.10. The Bertz CT molecular complexity index is 691. The molecular formula is C13H9BrN2O. The molecule has 0 saturated heterocycles. The van der Waals surface area contributed by atoms with E-state index in [1.165, 1.54) is 0 Å². The fourth-order valence-corrected chi connectivity index (χ4v) is 2.06. The van der Waals surface area contributed by atoms with Crippen LogP contribution in [0, 0.1) is 0 Å². The predicted molar refractivity (Wildman–Crippen MR) is 71.6 cm³/mol. The monoisotopic (exact) mass is 288 g/mol. The number of nitrogen functional groups attached to an aromatic ring is 1. The van der Waals surface area contributed by atoms with Crippen molar-refractivity contribution >= 4 is 32.7 Å². The van der Waals surface area contributed by atoms with Gasteiger partial charge in [-0.3, -0.25) is 0 Å². The molecule has 2 aromatic carbocycles. The van der Waals surface area contributed by atoms with Crippen molar-refractivity contribution in [1.29, 1.82) is 0 Å². The minimum absolute atomic E-state index is 0.552. The predicted octanol–water partition coefficient (Wildman–Crippen LogP) is 3.84. The average molecular weight is 289 g/mol. The van der Waals surface area contributed by atoms with Crippen LogP contribution in [0.5, 0.6) is 0 Å². The van der Waals surface area contributed by atoms with Crippen LogP contribution in [-0.2, 0) is 0 Å². The standard InChI is InChI=1S/C13H9BrN2O/c14-8-5-6-12-11(7-8)16-13(17-12)9-3-1-2-4-10(9)15/h1-7H,15H2. The molecule has 0 bridgehead atoms. The summed E-state index contributed by atoms with van der Waals surface area (Å²) < 4.78 is 6.66. The van der Waals surface area contributed by atoms with Crippen LogP contribution >= 0.6 is 15.9 Å². The summed E-state index contributed by atoms with van der Waals surface area (Å²) in [5.74, 6) is 0.552. The van der Waals surface area contributed by atoms with Crippen molar-refractivity contribution < 1.29 is 4.42 Å². The molecular weight excluding hydrogens is 280 g/mol. The molecule has 0 spiro atoms. The Morgan fingerprint density at radius 3 is 2.76 bits per heavy atom. The molecule has 1 heterocycles. The van der Waals surface area contributed by atoms with Crippen molar-refractivity contribution in [2.45, 2.75) is 0 Å². The molecule has 0 fully saturated rings. The lowest BCUT2D eigenvalue weighted by atomic mass is 10.2. The minimum atomic E-state index is 0.552. The van der Waals surface area contributed by atoms with Gasteiger partial charge < -0.3 is 10.2 Å². The van der Waals surface area contributed by atoms with Crippen LogP contribution < -0.4 is 5.73 Å². The molecule has 84 valence electrons. The molecule has 0 saturated carbocycles.